The number of aromatic carboxylic acids is 1. The minimum absolute atomic E-state index is 0.349. The number of piperidine rings is 1. The van der Waals surface area contributed by atoms with E-state index in [-0.39, 0.29) is 0 Å². The maximum absolute atomic E-state index is 11.3. The molecule has 1 aromatic heterocycles. The maximum Gasteiger partial charge on any atom is 0.341 e. The Bertz CT molecular complexity index is 431. The standard InChI is InChI=1S/C12H19N3O2/c1-8-4-6-15(7-5-8)11-10(12(16)17)9(2)13-14(11)3/h8H,4-7H2,1-3H3,(H,16,17). The number of aryl methyl sites for hydroxylation is 2. The molecule has 0 spiro atoms. The first-order chi connectivity index (χ1) is 8.00. The molecule has 0 saturated carbocycles. The highest BCUT2D eigenvalue weighted by Gasteiger charge is 2.26. The lowest BCUT2D eigenvalue weighted by Crippen LogP contribution is -2.35. The zero-order valence-corrected chi connectivity index (χ0v) is 10.6. The Hall–Kier alpha value is -1.52. The normalized spacial score (nSPS) is 17.5. The minimum Gasteiger partial charge on any atom is -0.477 e. The van der Waals surface area contributed by atoms with Gasteiger partial charge < -0.3 is 10.0 Å². The second-order valence-electron chi connectivity index (χ2n) is 4.88. The molecule has 1 aliphatic rings. The predicted molar refractivity (Wildman–Crippen MR) is 65.5 cm³/mol. The van der Waals surface area contributed by atoms with Gasteiger partial charge in [0.1, 0.15) is 11.4 Å². The van der Waals surface area contributed by atoms with Crippen molar-refractivity contribution in [2.24, 2.45) is 13.0 Å². The lowest BCUT2D eigenvalue weighted by Gasteiger charge is -2.32. The van der Waals surface area contributed by atoms with E-state index in [9.17, 15) is 9.90 Å². The van der Waals surface area contributed by atoms with E-state index in [1.807, 2.05) is 7.05 Å². The molecule has 5 nitrogen and oxygen atoms in total. The Labute approximate surface area is 101 Å². The second kappa shape index (κ2) is 4.39. The van der Waals surface area contributed by atoms with Gasteiger partial charge in [0, 0.05) is 20.1 Å². The molecule has 2 rings (SSSR count). The van der Waals surface area contributed by atoms with Gasteiger partial charge in [-0.05, 0) is 25.7 Å². The largest absolute Gasteiger partial charge is 0.477 e. The number of carboxylic acid groups (broad SMARTS) is 1. The van der Waals surface area contributed by atoms with E-state index in [1.165, 1.54) is 0 Å². The molecular weight excluding hydrogens is 218 g/mol. The van der Waals surface area contributed by atoms with Crippen LogP contribution in [-0.4, -0.2) is 33.9 Å². The highest BCUT2D eigenvalue weighted by Crippen LogP contribution is 2.27. The molecule has 0 aromatic carbocycles. The van der Waals surface area contributed by atoms with Crippen molar-refractivity contribution in [1.82, 2.24) is 9.78 Å². The van der Waals surface area contributed by atoms with Crippen LogP contribution in [0.5, 0.6) is 0 Å². The summed E-state index contributed by atoms with van der Waals surface area (Å²) in [7, 11) is 1.81. The van der Waals surface area contributed by atoms with Crippen LogP contribution in [0.4, 0.5) is 5.82 Å². The fourth-order valence-electron chi connectivity index (χ4n) is 2.48. The summed E-state index contributed by atoms with van der Waals surface area (Å²) in [4.78, 5) is 13.4. The van der Waals surface area contributed by atoms with Crippen LogP contribution >= 0.6 is 0 Å². The summed E-state index contributed by atoms with van der Waals surface area (Å²) in [5, 5.41) is 13.5. The van der Waals surface area contributed by atoms with Gasteiger partial charge in [0.15, 0.2) is 0 Å². The first kappa shape index (κ1) is 12.0. The van der Waals surface area contributed by atoms with Gasteiger partial charge in [0.2, 0.25) is 0 Å². The molecule has 0 radical (unpaired) electrons. The molecule has 1 aromatic rings. The number of nitrogens with zero attached hydrogens (tertiary/aromatic N) is 3. The Balaban J connectivity index is 2.34. The van der Waals surface area contributed by atoms with Gasteiger partial charge in [-0.15, -0.1) is 0 Å². The van der Waals surface area contributed by atoms with Crippen molar-refractivity contribution in [3.8, 4) is 0 Å². The van der Waals surface area contributed by atoms with Crippen LogP contribution in [0.15, 0.2) is 0 Å². The van der Waals surface area contributed by atoms with E-state index in [1.54, 1.807) is 11.6 Å². The highest BCUT2D eigenvalue weighted by atomic mass is 16.4. The minimum atomic E-state index is -0.885. The number of rotatable bonds is 2. The fourth-order valence-corrected chi connectivity index (χ4v) is 2.48. The quantitative estimate of drug-likeness (QED) is 0.850. The molecule has 0 amide bonds. The van der Waals surface area contributed by atoms with E-state index >= 15 is 0 Å². The lowest BCUT2D eigenvalue weighted by molar-refractivity contribution is 0.0696. The Morgan fingerprint density at radius 3 is 2.53 bits per heavy atom. The Kier molecular flexibility index (Phi) is 3.09. The summed E-state index contributed by atoms with van der Waals surface area (Å²) in [5.74, 6) is 0.597. The molecule has 1 saturated heterocycles. The van der Waals surface area contributed by atoms with Gasteiger partial charge in [0.05, 0.1) is 5.69 Å². The van der Waals surface area contributed by atoms with Gasteiger partial charge in [-0.3, -0.25) is 4.68 Å². The molecule has 0 bridgehead atoms. The predicted octanol–water partition coefficient (Wildman–Crippen LogP) is 1.66. The molecule has 94 valence electrons. The van der Waals surface area contributed by atoms with Crippen LogP contribution in [-0.2, 0) is 7.05 Å². The van der Waals surface area contributed by atoms with Crippen LogP contribution in [0.25, 0.3) is 0 Å². The highest BCUT2D eigenvalue weighted by molar-refractivity contribution is 5.94. The number of hydrogen-bond acceptors (Lipinski definition) is 3. The van der Waals surface area contributed by atoms with E-state index < -0.39 is 5.97 Å². The van der Waals surface area contributed by atoms with Gasteiger partial charge in [-0.2, -0.15) is 5.10 Å². The molecule has 1 fully saturated rings. The summed E-state index contributed by atoms with van der Waals surface area (Å²) >= 11 is 0. The number of carbonyl (C=O) groups is 1. The third-order valence-corrected chi connectivity index (χ3v) is 3.49. The first-order valence-corrected chi connectivity index (χ1v) is 6.02. The Morgan fingerprint density at radius 1 is 1.41 bits per heavy atom. The van der Waals surface area contributed by atoms with Crippen LogP contribution in [0, 0.1) is 12.8 Å². The van der Waals surface area contributed by atoms with Gasteiger partial charge >= 0.3 is 5.97 Å². The molecule has 1 N–H and O–H groups in total. The SMILES string of the molecule is Cc1nn(C)c(N2CCC(C)CC2)c1C(=O)O. The molecule has 5 heteroatoms. The Morgan fingerprint density at radius 2 is 2.00 bits per heavy atom. The van der Waals surface area contributed by atoms with Crippen LogP contribution in [0.3, 0.4) is 0 Å². The molecular formula is C12H19N3O2. The van der Waals surface area contributed by atoms with Crippen molar-refractivity contribution < 1.29 is 9.90 Å². The number of anilines is 1. The van der Waals surface area contributed by atoms with Gasteiger partial charge in [-0.25, -0.2) is 4.79 Å². The van der Waals surface area contributed by atoms with E-state index in [2.05, 4.69) is 16.9 Å². The second-order valence-corrected chi connectivity index (χ2v) is 4.88. The zero-order valence-electron chi connectivity index (χ0n) is 10.6. The van der Waals surface area contributed by atoms with E-state index in [0.29, 0.717) is 11.3 Å². The zero-order chi connectivity index (χ0) is 12.6. The monoisotopic (exact) mass is 237 g/mol. The summed E-state index contributed by atoms with van der Waals surface area (Å²) < 4.78 is 1.69. The number of hydrogen-bond donors (Lipinski definition) is 1. The van der Waals surface area contributed by atoms with Crippen molar-refractivity contribution in [2.45, 2.75) is 26.7 Å². The van der Waals surface area contributed by atoms with Crippen molar-refractivity contribution in [1.29, 1.82) is 0 Å². The van der Waals surface area contributed by atoms with Crippen LogP contribution in [0.2, 0.25) is 0 Å². The smallest absolute Gasteiger partial charge is 0.341 e. The van der Waals surface area contributed by atoms with Crippen molar-refractivity contribution in [3.63, 3.8) is 0 Å². The summed E-state index contributed by atoms with van der Waals surface area (Å²) in [6, 6.07) is 0. The van der Waals surface area contributed by atoms with Crippen molar-refractivity contribution in [2.75, 3.05) is 18.0 Å². The first-order valence-electron chi connectivity index (χ1n) is 6.02. The average molecular weight is 237 g/mol. The van der Waals surface area contributed by atoms with Crippen molar-refractivity contribution >= 4 is 11.8 Å². The molecule has 0 unspecified atom stereocenters. The summed E-state index contributed by atoms with van der Waals surface area (Å²) in [6.07, 6.45) is 2.23. The molecule has 1 aliphatic heterocycles. The van der Waals surface area contributed by atoms with Gasteiger partial charge in [-0.1, -0.05) is 6.92 Å². The topological polar surface area (TPSA) is 58.4 Å². The van der Waals surface area contributed by atoms with Crippen LogP contribution < -0.4 is 4.90 Å². The fraction of sp³-hybridized carbons (Fsp3) is 0.667. The average Bonchev–Trinajstić information content (AvgIpc) is 2.55. The summed E-state index contributed by atoms with van der Waals surface area (Å²) in [5.41, 5.74) is 0.940. The van der Waals surface area contributed by atoms with Crippen LogP contribution in [0.1, 0.15) is 35.8 Å². The molecule has 17 heavy (non-hydrogen) atoms. The van der Waals surface area contributed by atoms with E-state index in [0.717, 1.165) is 37.7 Å². The molecule has 0 aliphatic carbocycles. The third kappa shape index (κ3) is 2.14. The van der Waals surface area contributed by atoms with E-state index in [4.69, 9.17) is 0 Å². The van der Waals surface area contributed by atoms with Gasteiger partial charge in [0.25, 0.3) is 0 Å². The van der Waals surface area contributed by atoms with Crippen molar-refractivity contribution in [3.05, 3.63) is 11.3 Å². The summed E-state index contributed by atoms with van der Waals surface area (Å²) in [6.45, 7) is 5.82. The lowest BCUT2D eigenvalue weighted by atomic mass is 9.99. The third-order valence-electron chi connectivity index (χ3n) is 3.49. The number of aromatic nitrogens is 2. The molecule has 2 heterocycles. The molecule has 0 atom stereocenters. The number of carboxylic acids is 1. The maximum atomic E-state index is 11.3.